The Bertz CT molecular complexity index is 327. The Balaban J connectivity index is 1.91. The van der Waals surface area contributed by atoms with E-state index in [4.69, 9.17) is 9.57 Å². The number of benzene rings is 1. The molecular weight excluding hydrogens is 202 g/mol. The van der Waals surface area contributed by atoms with E-state index in [0.717, 1.165) is 6.42 Å². The molecule has 1 aromatic rings. The average molecular weight is 221 g/mol. The van der Waals surface area contributed by atoms with Crippen molar-refractivity contribution in [1.29, 1.82) is 0 Å². The molecule has 16 heavy (non-hydrogen) atoms. The zero-order valence-corrected chi connectivity index (χ0v) is 9.74. The number of methoxy groups -OCH3 is 1. The molecule has 0 aromatic heterocycles. The molecule has 0 heterocycles. The molecule has 0 radical (unpaired) electrons. The third-order valence-corrected chi connectivity index (χ3v) is 2.98. The van der Waals surface area contributed by atoms with E-state index in [1.165, 1.54) is 24.0 Å². The standard InChI is InChI=1S/C13H19NO2/c1-15-9-10-16-14-13-8-4-6-11-5-2-3-7-12(11)13/h2-3,5,7,13-14H,4,6,8-10H2,1H3. The van der Waals surface area contributed by atoms with Crippen LogP contribution in [0.3, 0.4) is 0 Å². The van der Waals surface area contributed by atoms with Crippen molar-refractivity contribution >= 4 is 0 Å². The van der Waals surface area contributed by atoms with E-state index in [9.17, 15) is 0 Å². The van der Waals surface area contributed by atoms with E-state index in [2.05, 4.69) is 29.7 Å². The molecule has 0 spiro atoms. The number of hydrogen-bond donors (Lipinski definition) is 1. The predicted octanol–water partition coefficient (Wildman–Crippen LogP) is 2.23. The zero-order valence-electron chi connectivity index (χ0n) is 9.74. The summed E-state index contributed by atoms with van der Waals surface area (Å²) in [6.45, 7) is 1.22. The Morgan fingerprint density at radius 3 is 3.06 bits per heavy atom. The number of hydroxylamine groups is 1. The minimum absolute atomic E-state index is 0.335. The average Bonchev–Trinajstić information content (AvgIpc) is 2.35. The lowest BCUT2D eigenvalue weighted by molar-refractivity contribution is -0.0153. The van der Waals surface area contributed by atoms with Gasteiger partial charge in [-0.3, -0.25) is 4.84 Å². The van der Waals surface area contributed by atoms with Gasteiger partial charge in [0, 0.05) is 7.11 Å². The minimum atomic E-state index is 0.335. The van der Waals surface area contributed by atoms with E-state index >= 15 is 0 Å². The molecule has 0 saturated carbocycles. The van der Waals surface area contributed by atoms with Gasteiger partial charge in [-0.05, 0) is 30.4 Å². The maximum atomic E-state index is 5.40. The van der Waals surface area contributed by atoms with Crippen molar-refractivity contribution in [2.24, 2.45) is 0 Å². The first kappa shape index (κ1) is 11.6. The lowest BCUT2D eigenvalue weighted by atomic mass is 9.88. The smallest absolute Gasteiger partial charge is 0.0916 e. The predicted molar refractivity (Wildman–Crippen MR) is 63.1 cm³/mol. The summed E-state index contributed by atoms with van der Waals surface area (Å²) in [5.74, 6) is 0. The highest BCUT2D eigenvalue weighted by Gasteiger charge is 2.19. The maximum absolute atomic E-state index is 5.40. The quantitative estimate of drug-likeness (QED) is 0.611. The lowest BCUT2D eigenvalue weighted by Crippen LogP contribution is -2.26. The van der Waals surface area contributed by atoms with Gasteiger partial charge < -0.3 is 4.74 Å². The number of rotatable bonds is 5. The van der Waals surface area contributed by atoms with Crippen molar-refractivity contribution in [2.45, 2.75) is 25.3 Å². The summed E-state index contributed by atoms with van der Waals surface area (Å²) in [5, 5.41) is 0. The highest BCUT2D eigenvalue weighted by molar-refractivity contribution is 5.31. The van der Waals surface area contributed by atoms with Crippen molar-refractivity contribution in [1.82, 2.24) is 5.48 Å². The molecule has 0 aliphatic heterocycles. The first-order valence-electron chi connectivity index (χ1n) is 5.86. The topological polar surface area (TPSA) is 30.5 Å². The van der Waals surface area contributed by atoms with Crippen LogP contribution in [-0.4, -0.2) is 20.3 Å². The van der Waals surface area contributed by atoms with Crippen LogP contribution in [0.25, 0.3) is 0 Å². The van der Waals surface area contributed by atoms with Crippen molar-refractivity contribution in [2.75, 3.05) is 20.3 Å². The summed E-state index contributed by atoms with van der Waals surface area (Å²) in [6, 6.07) is 8.92. The number of nitrogens with one attached hydrogen (secondary N) is 1. The van der Waals surface area contributed by atoms with Gasteiger partial charge in [0.15, 0.2) is 0 Å². The summed E-state index contributed by atoms with van der Waals surface area (Å²) in [5.41, 5.74) is 5.96. The summed E-state index contributed by atoms with van der Waals surface area (Å²) < 4.78 is 4.94. The summed E-state index contributed by atoms with van der Waals surface area (Å²) in [7, 11) is 1.68. The third-order valence-electron chi connectivity index (χ3n) is 2.98. The molecule has 0 amide bonds. The Morgan fingerprint density at radius 1 is 1.31 bits per heavy atom. The van der Waals surface area contributed by atoms with E-state index in [-0.39, 0.29) is 0 Å². The van der Waals surface area contributed by atoms with Crippen LogP contribution in [0.2, 0.25) is 0 Å². The highest BCUT2D eigenvalue weighted by atomic mass is 16.7. The minimum Gasteiger partial charge on any atom is -0.382 e. The molecule has 1 unspecified atom stereocenters. The molecule has 0 bridgehead atoms. The molecule has 0 saturated heterocycles. The van der Waals surface area contributed by atoms with E-state index < -0.39 is 0 Å². The zero-order chi connectivity index (χ0) is 11.2. The Labute approximate surface area is 96.7 Å². The van der Waals surface area contributed by atoms with Gasteiger partial charge in [0.05, 0.1) is 19.3 Å². The monoisotopic (exact) mass is 221 g/mol. The molecule has 3 nitrogen and oxygen atoms in total. The molecule has 1 aliphatic rings. The fraction of sp³-hybridized carbons (Fsp3) is 0.538. The summed E-state index contributed by atoms with van der Waals surface area (Å²) >= 11 is 0. The maximum Gasteiger partial charge on any atom is 0.0916 e. The number of ether oxygens (including phenoxy) is 1. The first-order chi connectivity index (χ1) is 7.92. The van der Waals surface area contributed by atoms with E-state index in [1.807, 2.05) is 0 Å². The number of aryl methyl sites for hydroxylation is 1. The van der Waals surface area contributed by atoms with Crippen LogP contribution in [0.1, 0.15) is 30.0 Å². The number of hydrogen-bond acceptors (Lipinski definition) is 3. The van der Waals surface area contributed by atoms with Gasteiger partial charge in [-0.2, -0.15) is 5.48 Å². The molecule has 1 aliphatic carbocycles. The lowest BCUT2D eigenvalue weighted by Gasteiger charge is -2.25. The Hall–Kier alpha value is -0.900. The molecule has 0 fully saturated rings. The molecule has 1 aromatic carbocycles. The second-order valence-electron chi connectivity index (χ2n) is 4.10. The molecular formula is C13H19NO2. The van der Waals surface area contributed by atoms with Gasteiger partial charge in [0.2, 0.25) is 0 Å². The summed E-state index contributed by atoms with van der Waals surface area (Å²) in [4.78, 5) is 5.40. The van der Waals surface area contributed by atoms with Gasteiger partial charge >= 0.3 is 0 Å². The Morgan fingerprint density at radius 2 is 2.19 bits per heavy atom. The molecule has 88 valence electrons. The Kier molecular flexibility index (Phi) is 4.34. The van der Waals surface area contributed by atoms with Gasteiger partial charge in [0.1, 0.15) is 0 Å². The van der Waals surface area contributed by atoms with Crippen LogP contribution in [0.4, 0.5) is 0 Å². The van der Waals surface area contributed by atoms with Crippen LogP contribution in [-0.2, 0) is 16.0 Å². The SMILES string of the molecule is COCCONC1CCCc2ccccc21. The van der Waals surface area contributed by atoms with Crippen LogP contribution < -0.4 is 5.48 Å². The van der Waals surface area contributed by atoms with Crippen molar-refractivity contribution in [3.63, 3.8) is 0 Å². The molecule has 3 heteroatoms. The second kappa shape index (κ2) is 5.99. The van der Waals surface area contributed by atoms with Crippen LogP contribution in [0.15, 0.2) is 24.3 Å². The van der Waals surface area contributed by atoms with Crippen LogP contribution in [0.5, 0.6) is 0 Å². The largest absolute Gasteiger partial charge is 0.382 e. The van der Waals surface area contributed by atoms with Crippen LogP contribution >= 0.6 is 0 Å². The van der Waals surface area contributed by atoms with E-state index in [1.54, 1.807) is 7.11 Å². The number of fused-ring (bicyclic) bond motifs is 1. The van der Waals surface area contributed by atoms with Gasteiger partial charge in [-0.1, -0.05) is 24.3 Å². The van der Waals surface area contributed by atoms with Crippen LogP contribution in [0, 0.1) is 0 Å². The fourth-order valence-corrected chi connectivity index (χ4v) is 2.16. The highest BCUT2D eigenvalue weighted by Crippen LogP contribution is 2.29. The third kappa shape index (κ3) is 2.82. The van der Waals surface area contributed by atoms with Gasteiger partial charge in [-0.15, -0.1) is 0 Å². The van der Waals surface area contributed by atoms with E-state index in [0.29, 0.717) is 19.3 Å². The van der Waals surface area contributed by atoms with Gasteiger partial charge in [-0.25, -0.2) is 0 Å². The molecule has 2 rings (SSSR count). The first-order valence-corrected chi connectivity index (χ1v) is 5.86. The normalized spacial score (nSPS) is 19.4. The van der Waals surface area contributed by atoms with Gasteiger partial charge in [0.25, 0.3) is 0 Å². The molecule has 1 N–H and O–H groups in total. The second-order valence-corrected chi connectivity index (χ2v) is 4.10. The van der Waals surface area contributed by atoms with Crippen molar-refractivity contribution < 1.29 is 9.57 Å². The van der Waals surface area contributed by atoms with Crippen molar-refractivity contribution in [3.8, 4) is 0 Å². The molecule has 1 atom stereocenters. The summed E-state index contributed by atoms with van der Waals surface area (Å²) in [6.07, 6.45) is 3.55. The fourth-order valence-electron chi connectivity index (χ4n) is 2.16. The van der Waals surface area contributed by atoms with Crippen molar-refractivity contribution in [3.05, 3.63) is 35.4 Å².